The van der Waals surface area contributed by atoms with Crippen LogP contribution in [0.3, 0.4) is 0 Å². The molecule has 0 atom stereocenters. The summed E-state index contributed by atoms with van der Waals surface area (Å²) in [5.74, 6) is -0.156. The molecule has 0 amide bonds. The molecule has 1 nitrogen and oxygen atoms in total. The second-order valence-electron chi connectivity index (χ2n) is 4.50. The van der Waals surface area contributed by atoms with Gasteiger partial charge in [0.15, 0.2) is 0 Å². The highest BCUT2D eigenvalue weighted by Gasteiger charge is 2.02. The molecular formula is C15H18FNS. The summed E-state index contributed by atoms with van der Waals surface area (Å²) < 4.78 is 13.0. The van der Waals surface area contributed by atoms with E-state index in [1.54, 1.807) is 12.1 Å². The van der Waals surface area contributed by atoms with E-state index in [2.05, 4.69) is 25.2 Å². The molecule has 1 aromatic carbocycles. The molecular weight excluding hydrogens is 245 g/mol. The summed E-state index contributed by atoms with van der Waals surface area (Å²) in [7, 11) is 0. The number of rotatable bonds is 5. The minimum absolute atomic E-state index is 0.156. The zero-order chi connectivity index (χ0) is 13.0. The molecule has 0 fully saturated rings. The predicted molar refractivity (Wildman–Crippen MR) is 75.6 cm³/mol. The van der Waals surface area contributed by atoms with Crippen LogP contribution in [0.4, 0.5) is 4.39 Å². The van der Waals surface area contributed by atoms with Gasteiger partial charge in [-0.3, -0.25) is 0 Å². The van der Waals surface area contributed by atoms with Crippen LogP contribution >= 0.6 is 11.3 Å². The summed E-state index contributed by atoms with van der Waals surface area (Å²) in [6, 6.07) is 9.03. The molecule has 96 valence electrons. The Morgan fingerprint density at radius 1 is 1.22 bits per heavy atom. The topological polar surface area (TPSA) is 12.0 Å². The third kappa shape index (κ3) is 3.65. The summed E-state index contributed by atoms with van der Waals surface area (Å²) in [5.41, 5.74) is 2.41. The van der Waals surface area contributed by atoms with Crippen molar-refractivity contribution in [2.45, 2.75) is 26.8 Å². The van der Waals surface area contributed by atoms with Crippen LogP contribution in [-0.4, -0.2) is 6.54 Å². The van der Waals surface area contributed by atoms with Crippen molar-refractivity contribution < 1.29 is 4.39 Å². The minimum Gasteiger partial charge on any atom is -0.312 e. The van der Waals surface area contributed by atoms with Gasteiger partial charge in [0.25, 0.3) is 0 Å². The second-order valence-corrected chi connectivity index (χ2v) is 5.96. The van der Waals surface area contributed by atoms with Crippen LogP contribution in [0.1, 0.15) is 20.9 Å². The van der Waals surface area contributed by atoms with Crippen LogP contribution < -0.4 is 5.32 Å². The second kappa shape index (κ2) is 6.12. The van der Waals surface area contributed by atoms with Gasteiger partial charge in [-0.05, 0) is 56.1 Å². The molecule has 0 bridgehead atoms. The van der Waals surface area contributed by atoms with Crippen molar-refractivity contribution in [3.63, 3.8) is 0 Å². The molecule has 1 N–H and O–H groups in total. The molecule has 18 heavy (non-hydrogen) atoms. The molecule has 2 aromatic rings. The fourth-order valence-corrected chi connectivity index (χ4v) is 2.95. The molecule has 3 heteroatoms. The highest BCUT2D eigenvalue weighted by Crippen LogP contribution is 2.20. The largest absolute Gasteiger partial charge is 0.312 e. The average molecular weight is 263 g/mol. The lowest BCUT2D eigenvalue weighted by atomic mass is 10.1. The Morgan fingerprint density at radius 2 is 2.06 bits per heavy atom. The Bertz CT molecular complexity index is 519. The molecule has 0 radical (unpaired) electrons. The Morgan fingerprint density at radius 3 is 2.72 bits per heavy atom. The van der Waals surface area contributed by atoms with Crippen LogP contribution in [-0.2, 0) is 13.0 Å². The zero-order valence-corrected chi connectivity index (χ0v) is 11.6. The van der Waals surface area contributed by atoms with Gasteiger partial charge in [-0.2, -0.15) is 0 Å². The van der Waals surface area contributed by atoms with Gasteiger partial charge in [0.1, 0.15) is 5.82 Å². The molecule has 1 heterocycles. The van der Waals surface area contributed by atoms with Crippen molar-refractivity contribution >= 4 is 11.3 Å². The number of hydrogen-bond acceptors (Lipinski definition) is 2. The molecule has 0 aliphatic rings. The van der Waals surface area contributed by atoms with E-state index < -0.39 is 0 Å². The first-order valence-electron chi connectivity index (χ1n) is 6.16. The fraction of sp³-hybridized carbons (Fsp3) is 0.333. The van der Waals surface area contributed by atoms with Crippen molar-refractivity contribution in [1.29, 1.82) is 0 Å². The lowest BCUT2D eigenvalue weighted by Crippen LogP contribution is -2.16. The van der Waals surface area contributed by atoms with Crippen LogP contribution in [0, 0.1) is 19.7 Å². The van der Waals surface area contributed by atoms with E-state index in [4.69, 9.17) is 0 Å². The van der Waals surface area contributed by atoms with Crippen LogP contribution in [0.25, 0.3) is 0 Å². The van der Waals surface area contributed by atoms with Crippen molar-refractivity contribution in [3.8, 4) is 0 Å². The Balaban J connectivity index is 1.78. The summed E-state index contributed by atoms with van der Waals surface area (Å²) in [5, 5.41) is 3.41. The summed E-state index contributed by atoms with van der Waals surface area (Å²) in [4.78, 5) is 2.74. The van der Waals surface area contributed by atoms with Crippen molar-refractivity contribution in [2.75, 3.05) is 6.54 Å². The third-order valence-electron chi connectivity index (χ3n) is 2.94. The summed E-state index contributed by atoms with van der Waals surface area (Å²) in [6.07, 6.45) is 0.861. The number of hydrogen-bond donors (Lipinski definition) is 1. The number of benzene rings is 1. The van der Waals surface area contributed by atoms with Gasteiger partial charge >= 0.3 is 0 Å². The first-order chi connectivity index (χ1) is 8.65. The molecule has 2 rings (SSSR count). The predicted octanol–water partition coefficient (Wildman–Crippen LogP) is 3.84. The van der Waals surface area contributed by atoms with Crippen molar-refractivity contribution in [2.24, 2.45) is 0 Å². The van der Waals surface area contributed by atoms with Gasteiger partial charge in [-0.1, -0.05) is 12.1 Å². The maximum atomic E-state index is 13.0. The van der Waals surface area contributed by atoms with Crippen LogP contribution in [0.2, 0.25) is 0 Å². The van der Waals surface area contributed by atoms with Crippen LogP contribution in [0.15, 0.2) is 30.3 Å². The van der Waals surface area contributed by atoms with Crippen molar-refractivity contribution in [1.82, 2.24) is 5.32 Å². The highest BCUT2D eigenvalue weighted by molar-refractivity contribution is 7.12. The maximum Gasteiger partial charge on any atom is 0.123 e. The van der Waals surface area contributed by atoms with Gasteiger partial charge in [0, 0.05) is 16.3 Å². The highest BCUT2D eigenvalue weighted by atomic mass is 32.1. The van der Waals surface area contributed by atoms with E-state index in [9.17, 15) is 4.39 Å². The van der Waals surface area contributed by atoms with Gasteiger partial charge in [0.2, 0.25) is 0 Å². The minimum atomic E-state index is -0.156. The van der Waals surface area contributed by atoms with E-state index in [0.29, 0.717) is 0 Å². The van der Waals surface area contributed by atoms with E-state index in [-0.39, 0.29) is 5.82 Å². The monoisotopic (exact) mass is 263 g/mol. The SMILES string of the molecule is Cc1cc(CNCCc2cccc(F)c2)c(C)s1. The lowest BCUT2D eigenvalue weighted by Gasteiger charge is -2.05. The van der Waals surface area contributed by atoms with E-state index in [1.165, 1.54) is 21.4 Å². The molecule has 0 unspecified atom stereocenters. The van der Waals surface area contributed by atoms with Crippen molar-refractivity contribution in [3.05, 3.63) is 57.0 Å². The van der Waals surface area contributed by atoms with Gasteiger partial charge < -0.3 is 5.32 Å². The third-order valence-corrected chi connectivity index (χ3v) is 3.95. The number of aryl methyl sites for hydroxylation is 2. The first-order valence-corrected chi connectivity index (χ1v) is 6.98. The molecule has 0 saturated heterocycles. The molecule has 0 aliphatic heterocycles. The summed E-state index contributed by atoms with van der Waals surface area (Å²) in [6.45, 7) is 6.05. The Hall–Kier alpha value is -1.19. The Labute approximate surface area is 112 Å². The normalized spacial score (nSPS) is 10.8. The number of thiophene rings is 1. The smallest absolute Gasteiger partial charge is 0.123 e. The molecule has 0 saturated carbocycles. The van der Waals surface area contributed by atoms with E-state index in [0.717, 1.165) is 25.1 Å². The van der Waals surface area contributed by atoms with E-state index in [1.807, 2.05) is 17.4 Å². The maximum absolute atomic E-state index is 13.0. The summed E-state index contributed by atoms with van der Waals surface area (Å²) >= 11 is 1.84. The van der Waals surface area contributed by atoms with Crippen LogP contribution in [0.5, 0.6) is 0 Å². The quantitative estimate of drug-likeness (QED) is 0.808. The molecule has 0 aliphatic carbocycles. The molecule has 1 aromatic heterocycles. The Kier molecular flexibility index (Phi) is 4.50. The zero-order valence-electron chi connectivity index (χ0n) is 10.8. The lowest BCUT2D eigenvalue weighted by molar-refractivity contribution is 0.622. The average Bonchev–Trinajstić information content (AvgIpc) is 2.64. The molecule has 0 spiro atoms. The standard InChI is InChI=1S/C15H18FNS/c1-11-8-14(12(2)18-11)10-17-7-6-13-4-3-5-15(16)9-13/h3-5,8-9,17H,6-7,10H2,1-2H3. The van der Waals surface area contributed by atoms with Gasteiger partial charge in [0.05, 0.1) is 0 Å². The van der Waals surface area contributed by atoms with Gasteiger partial charge in [-0.15, -0.1) is 11.3 Å². The van der Waals surface area contributed by atoms with Gasteiger partial charge in [-0.25, -0.2) is 4.39 Å². The van der Waals surface area contributed by atoms with E-state index >= 15 is 0 Å². The fourth-order valence-electron chi connectivity index (χ4n) is 2.01. The number of nitrogens with one attached hydrogen (secondary N) is 1. The number of halogens is 1. The first kappa shape index (κ1) is 13.2.